The number of hydrogen-bond donors (Lipinski definition) is 0. The van der Waals surface area contributed by atoms with Gasteiger partial charge in [0.2, 0.25) is 0 Å². The summed E-state index contributed by atoms with van der Waals surface area (Å²) in [6, 6.07) is 13.2. The first-order chi connectivity index (χ1) is 9.66. The van der Waals surface area contributed by atoms with E-state index >= 15 is 0 Å². The van der Waals surface area contributed by atoms with E-state index in [2.05, 4.69) is 0 Å². The van der Waals surface area contributed by atoms with E-state index in [1.165, 1.54) is 6.07 Å². The van der Waals surface area contributed by atoms with Crippen LogP contribution in [0.1, 0.15) is 0 Å². The number of hydrogen-bond acceptors (Lipinski definition) is 4. The highest BCUT2D eigenvalue weighted by molar-refractivity contribution is 6.30. The third kappa shape index (κ3) is 3.86. The van der Waals surface area contributed by atoms with Gasteiger partial charge in [0.25, 0.3) is 0 Å². The Bertz CT molecular complexity index is 603. The van der Waals surface area contributed by atoms with Crippen LogP contribution in [0.5, 0.6) is 11.5 Å². The van der Waals surface area contributed by atoms with E-state index in [0.717, 1.165) is 0 Å². The number of nitro benzene ring substituents is 1. The fraction of sp³-hybridized carbons (Fsp3) is 0.143. The molecule has 0 aliphatic heterocycles. The first-order valence-corrected chi connectivity index (χ1v) is 6.29. The first kappa shape index (κ1) is 14.1. The lowest BCUT2D eigenvalue weighted by atomic mass is 10.3. The van der Waals surface area contributed by atoms with Crippen molar-refractivity contribution >= 4 is 17.3 Å². The lowest BCUT2D eigenvalue weighted by molar-refractivity contribution is -0.385. The summed E-state index contributed by atoms with van der Waals surface area (Å²) in [4.78, 5) is 10.3. The Hall–Kier alpha value is -2.27. The number of para-hydroxylation sites is 2. The quantitative estimate of drug-likeness (QED) is 0.463. The van der Waals surface area contributed by atoms with Gasteiger partial charge in [-0.2, -0.15) is 0 Å². The van der Waals surface area contributed by atoms with Crippen LogP contribution in [0.25, 0.3) is 0 Å². The first-order valence-electron chi connectivity index (χ1n) is 5.91. The maximum atomic E-state index is 10.8. The number of halogens is 1. The number of rotatable bonds is 6. The van der Waals surface area contributed by atoms with E-state index in [1.54, 1.807) is 42.5 Å². The van der Waals surface area contributed by atoms with Crippen molar-refractivity contribution < 1.29 is 14.4 Å². The molecule has 6 heteroatoms. The van der Waals surface area contributed by atoms with Crippen molar-refractivity contribution in [3.8, 4) is 11.5 Å². The fourth-order valence-electron chi connectivity index (χ4n) is 1.60. The second-order valence-electron chi connectivity index (χ2n) is 3.88. The molecule has 0 aromatic heterocycles. The molecule has 0 fully saturated rings. The molecule has 0 amide bonds. The molecule has 5 nitrogen and oxygen atoms in total. The lowest BCUT2D eigenvalue weighted by Crippen LogP contribution is -2.09. The second-order valence-corrected chi connectivity index (χ2v) is 4.32. The molecule has 2 aromatic carbocycles. The molecule has 0 aliphatic rings. The number of nitrogens with zero attached hydrogens (tertiary/aromatic N) is 1. The molecule has 0 N–H and O–H groups in total. The summed E-state index contributed by atoms with van der Waals surface area (Å²) in [6.45, 7) is 0.476. The molecule has 2 aromatic rings. The van der Waals surface area contributed by atoms with Gasteiger partial charge in [-0.25, -0.2) is 0 Å². The number of nitro groups is 1. The highest BCUT2D eigenvalue weighted by Crippen LogP contribution is 2.25. The third-order valence-electron chi connectivity index (χ3n) is 2.47. The molecule has 0 bridgehead atoms. The van der Waals surface area contributed by atoms with Gasteiger partial charge in [-0.15, -0.1) is 0 Å². The summed E-state index contributed by atoms with van der Waals surface area (Å²) in [5, 5.41) is 11.4. The van der Waals surface area contributed by atoms with Gasteiger partial charge in [-0.3, -0.25) is 10.1 Å². The average Bonchev–Trinajstić information content (AvgIpc) is 2.44. The van der Waals surface area contributed by atoms with Gasteiger partial charge in [-0.05, 0) is 24.3 Å². The highest BCUT2D eigenvalue weighted by atomic mass is 35.5. The van der Waals surface area contributed by atoms with Gasteiger partial charge >= 0.3 is 5.69 Å². The van der Waals surface area contributed by atoms with E-state index in [1.807, 2.05) is 0 Å². The summed E-state index contributed by atoms with van der Waals surface area (Å²) in [5.74, 6) is 0.857. The minimum Gasteiger partial charge on any atom is -0.490 e. The topological polar surface area (TPSA) is 61.6 Å². The largest absolute Gasteiger partial charge is 0.490 e. The molecule has 0 heterocycles. The van der Waals surface area contributed by atoms with Gasteiger partial charge in [0.15, 0.2) is 5.75 Å². The molecule has 0 saturated carbocycles. The van der Waals surface area contributed by atoms with Crippen molar-refractivity contribution in [3.63, 3.8) is 0 Å². The monoisotopic (exact) mass is 293 g/mol. The van der Waals surface area contributed by atoms with Crippen molar-refractivity contribution in [2.45, 2.75) is 0 Å². The van der Waals surface area contributed by atoms with Gasteiger partial charge in [0.05, 0.1) is 4.92 Å². The Labute approximate surface area is 120 Å². The Morgan fingerprint density at radius 1 is 1.05 bits per heavy atom. The summed E-state index contributed by atoms with van der Waals surface area (Å²) >= 11 is 5.82. The van der Waals surface area contributed by atoms with Crippen LogP contribution in [0.15, 0.2) is 48.5 Å². The predicted octanol–water partition coefficient (Wildman–Crippen LogP) is 3.71. The second kappa shape index (κ2) is 6.77. The Morgan fingerprint density at radius 2 is 1.80 bits per heavy atom. The van der Waals surface area contributed by atoms with Crippen LogP contribution >= 0.6 is 11.6 Å². The molecular weight excluding hydrogens is 282 g/mol. The van der Waals surface area contributed by atoms with Gasteiger partial charge in [-0.1, -0.05) is 29.8 Å². The van der Waals surface area contributed by atoms with Crippen LogP contribution < -0.4 is 9.47 Å². The third-order valence-corrected chi connectivity index (χ3v) is 2.70. The molecule has 104 valence electrons. The molecule has 0 unspecified atom stereocenters. The summed E-state index contributed by atoms with van der Waals surface area (Å²) in [7, 11) is 0. The highest BCUT2D eigenvalue weighted by Gasteiger charge is 2.13. The molecule has 0 saturated heterocycles. The van der Waals surface area contributed by atoms with E-state index in [4.69, 9.17) is 21.1 Å². The Morgan fingerprint density at radius 3 is 2.55 bits per heavy atom. The zero-order chi connectivity index (χ0) is 14.4. The van der Waals surface area contributed by atoms with Gasteiger partial charge in [0.1, 0.15) is 19.0 Å². The minimum absolute atomic E-state index is 0.0599. The normalized spacial score (nSPS) is 10.1. The lowest BCUT2D eigenvalue weighted by Gasteiger charge is -2.08. The SMILES string of the molecule is O=[N+]([O-])c1ccccc1OCCOc1cccc(Cl)c1. The maximum Gasteiger partial charge on any atom is 0.310 e. The molecule has 0 radical (unpaired) electrons. The number of benzene rings is 2. The molecule has 2 rings (SSSR count). The average molecular weight is 294 g/mol. The minimum atomic E-state index is -0.479. The van der Waals surface area contributed by atoms with E-state index in [0.29, 0.717) is 10.8 Å². The summed E-state index contributed by atoms with van der Waals surface area (Å²) < 4.78 is 10.8. The van der Waals surface area contributed by atoms with Crippen LogP contribution in [0.4, 0.5) is 5.69 Å². The Balaban J connectivity index is 1.86. The fourth-order valence-corrected chi connectivity index (χ4v) is 1.78. The standard InChI is InChI=1S/C14H12ClNO4/c15-11-4-3-5-12(10-11)19-8-9-20-14-7-2-1-6-13(14)16(17)18/h1-7,10H,8-9H2. The van der Waals surface area contributed by atoms with E-state index < -0.39 is 4.92 Å². The van der Waals surface area contributed by atoms with Crippen LogP contribution in [0, 0.1) is 10.1 Å². The summed E-state index contributed by atoms with van der Waals surface area (Å²) in [6.07, 6.45) is 0. The van der Waals surface area contributed by atoms with E-state index in [-0.39, 0.29) is 24.7 Å². The van der Waals surface area contributed by atoms with Gasteiger partial charge < -0.3 is 9.47 Å². The van der Waals surface area contributed by atoms with Crippen LogP contribution in [0.2, 0.25) is 5.02 Å². The van der Waals surface area contributed by atoms with Crippen molar-refractivity contribution in [1.82, 2.24) is 0 Å². The van der Waals surface area contributed by atoms with Gasteiger partial charge in [0, 0.05) is 11.1 Å². The molecule has 0 spiro atoms. The number of ether oxygens (including phenoxy) is 2. The molecule has 0 atom stereocenters. The van der Waals surface area contributed by atoms with Crippen LogP contribution in [-0.2, 0) is 0 Å². The van der Waals surface area contributed by atoms with Crippen LogP contribution in [-0.4, -0.2) is 18.1 Å². The van der Waals surface area contributed by atoms with E-state index in [9.17, 15) is 10.1 Å². The molecule has 20 heavy (non-hydrogen) atoms. The van der Waals surface area contributed by atoms with Crippen LogP contribution in [0.3, 0.4) is 0 Å². The Kier molecular flexibility index (Phi) is 4.79. The molecular formula is C14H12ClNO4. The predicted molar refractivity (Wildman–Crippen MR) is 75.5 cm³/mol. The van der Waals surface area contributed by atoms with Crippen molar-refractivity contribution in [3.05, 3.63) is 63.7 Å². The van der Waals surface area contributed by atoms with Crippen molar-refractivity contribution in [2.24, 2.45) is 0 Å². The zero-order valence-electron chi connectivity index (χ0n) is 10.5. The maximum absolute atomic E-state index is 10.8. The van der Waals surface area contributed by atoms with Crippen molar-refractivity contribution in [1.29, 1.82) is 0 Å². The molecule has 0 aliphatic carbocycles. The zero-order valence-corrected chi connectivity index (χ0v) is 11.2. The van der Waals surface area contributed by atoms with Crippen molar-refractivity contribution in [2.75, 3.05) is 13.2 Å². The summed E-state index contributed by atoms with van der Waals surface area (Å²) in [5.41, 5.74) is -0.0599. The smallest absolute Gasteiger partial charge is 0.310 e.